The van der Waals surface area contributed by atoms with Crippen molar-refractivity contribution in [1.82, 2.24) is 20.1 Å². The molecule has 2 aromatic heterocycles. The second kappa shape index (κ2) is 9.22. The van der Waals surface area contributed by atoms with Gasteiger partial charge in [-0.15, -0.1) is 0 Å². The maximum Gasteiger partial charge on any atom is 0.220 e. The van der Waals surface area contributed by atoms with Crippen molar-refractivity contribution in [2.24, 2.45) is 0 Å². The number of nitrogens with zero attached hydrogens (tertiary/aromatic N) is 3. The fourth-order valence-corrected chi connectivity index (χ4v) is 4.19. The first kappa shape index (κ1) is 21.6. The topological polar surface area (TPSA) is 69.0 Å². The Balaban J connectivity index is 1.52. The predicted octanol–water partition coefficient (Wildman–Crippen LogP) is 4.60. The fraction of sp³-hybridized carbons (Fsp3) is 0.269. The molecule has 4 rings (SSSR count). The number of benzene rings is 2. The first-order valence-electron chi connectivity index (χ1n) is 10.8. The summed E-state index contributed by atoms with van der Waals surface area (Å²) in [5.74, 6) is 0.784. The van der Waals surface area contributed by atoms with Crippen molar-refractivity contribution in [2.75, 3.05) is 7.11 Å². The number of nitrogens with one attached hydrogen (secondary N) is 1. The van der Waals surface area contributed by atoms with Gasteiger partial charge >= 0.3 is 0 Å². The van der Waals surface area contributed by atoms with E-state index in [0.29, 0.717) is 19.4 Å². The Bertz CT molecular complexity index is 1260. The van der Waals surface area contributed by atoms with E-state index in [1.165, 1.54) is 0 Å². The molecule has 0 unspecified atom stereocenters. The zero-order valence-corrected chi connectivity index (χ0v) is 19.0. The summed E-state index contributed by atoms with van der Waals surface area (Å²) in [6, 6.07) is 17.7. The van der Waals surface area contributed by atoms with Crippen molar-refractivity contribution >= 4 is 16.9 Å². The van der Waals surface area contributed by atoms with E-state index in [1.54, 1.807) is 7.11 Å². The van der Waals surface area contributed by atoms with Crippen molar-refractivity contribution in [3.8, 4) is 11.4 Å². The van der Waals surface area contributed by atoms with Gasteiger partial charge in [0.15, 0.2) is 5.65 Å². The van der Waals surface area contributed by atoms with Gasteiger partial charge in [0.25, 0.3) is 0 Å². The van der Waals surface area contributed by atoms with Crippen LogP contribution in [0.1, 0.15) is 34.5 Å². The number of hydrogen-bond acceptors (Lipinski definition) is 4. The van der Waals surface area contributed by atoms with Crippen molar-refractivity contribution in [1.29, 1.82) is 0 Å². The molecule has 6 heteroatoms. The molecular formula is C26H28N4O2. The molecule has 1 amide bonds. The van der Waals surface area contributed by atoms with Crippen LogP contribution in [0.2, 0.25) is 0 Å². The lowest BCUT2D eigenvalue weighted by atomic mass is 9.99. The van der Waals surface area contributed by atoms with Gasteiger partial charge in [0, 0.05) is 29.6 Å². The highest BCUT2D eigenvalue weighted by Gasteiger charge is 2.18. The largest absolute Gasteiger partial charge is 0.496 e. The molecule has 0 radical (unpaired) electrons. The summed E-state index contributed by atoms with van der Waals surface area (Å²) in [6.07, 6.45) is 1.03. The van der Waals surface area contributed by atoms with Gasteiger partial charge in [-0.25, -0.2) is 9.67 Å². The number of rotatable bonds is 7. The fourth-order valence-electron chi connectivity index (χ4n) is 4.19. The first-order chi connectivity index (χ1) is 15.5. The van der Waals surface area contributed by atoms with Crippen LogP contribution in [0.5, 0.6) is 5.75 Å². The number of carbonyl (C=O) groups excluding carboxylic acids is 1. The van der Waals surface area contributed by atoms with Gasteiger partial charge in [-0.3, -0.25) is 4.79 Å². The second-order valence-corrected chi connectivity index (χ2v) is 7.92. The zero-order chi connectivity index (χ0) is 22.7. The van der Waals surface area contributed by atoms with Crippen LogP contribution in [-0.4, -0.2) is 27.8 Å². The second-order valence-electron chi connectivity index (χ2n) is 7.92. The van der Waals surface area contributed by atoms with Gasteiger partial charge in [-0.1, -0.05) is 36.4 Å². The minimum atomic E-state index is 0.00602. The highest BCUT2D eigenvalue weighted by molar-refractivity contribution is 5.85. The average Bonchev–Trinajstić information content (AvgIpc) is 3.14. The highest BCUT2D eigenvalue weighted by atomic mass is 16.5. The molecule has 164 valence electrons. The lowest BCUT2D eigenvalue weighted by Gasteiger charge is -2.13. The van der Waals surface area contributed by atoms with Gasteiger partial charge in [0.1, 0.15) is 5.75 Å². The van der Waals surface area contributed by atoms with Gasteiger partial charge in [-0.05, 0) is 56.5 Å². The first-order valence-corrected chi connectivity index (χ1v) is 10.8. The van der Waals surface area contributed by atoms with Crippen LogP contribution < -0.4 is 10.1 Å². The lowest BCUT2D eigenvalue weighted by Crippen LogP contribution is -2.23. The maximum atomic E-state index is 12.5. The quantitative estimate of drug-likeness (QED) is 0.467. The number of pyridine rings is 1. The van der Waals surface area contributed by atoms with Crippen molar-refractivity contribution in [3.05, 3.63) is 82.7 Å². The molecule has 4 aromatic rings. The van der Waals surface area contributed by atoms with Gasteiger partial charge in [0.05, 0.1) is 18.5 Å². The Labute approximate surface area is 188 Å². The number of ether oxygens (including phenoxy) is 1. The predicted molar refractivity (Wildman–Crippen MR) is 126 cm³/mol. The molecule has 0 saturated heterocycles. The van der Waals surface area contributed by atoms with E-state index in [1.807, 2.05) is 73.1 Å². The van der Waals surface area contributed by atoms with Gasteiger partial charge in [-0.2, -0.15) is 5.10 Å². The molecule has 0 spiro atoms. The molecule has 0 aliphatic heterocycles. The third-order valence-corrected chi connectivity index (χ3v) is 5.85. The van der Waals surface area contributed by atoms with Gasteiger partial charge < -0.3 is 10.1 Å². The summed E-state index contributed by atoms with van der Waals surface area (Å²) in [5.41, 5.74) is 6.93. The van der Waals surface area contributed by atoms with Crippen LogP contribution in [0, 0.1) is 20.8 Å². The molecule has 0 aliphatic rings. The number of fused-ring (bicyclic) bond motifs is 1. The van der Waals surface area contributed by atoms with E-state index in [4.69, 9.17) is 14.8 Å². The average molecular weight is 429 g/mol. The summed E-state index contributed by atoms with van der Waals surface area (Å²) in [4.78, 5) is 17.4. The van der Waals surface area contributed by atoms with Gasteiger partial charge in [0.2, 0.25) is 5.91 Å². The number of methoxy groups -OCH3 is 1. The molecular weight excluding hydrogens is 400 g/mol. The van der Waals surface area contributed by atoms with E-state index < -0.39 is 0 Å². The van der Waals surface area contributed by atoms with Crippen molar-refractivity contribution in [2.45, 2.75) is 40.2 Å². The van der Waals surface area contributed by atoms with Crippen LogP contribution in [0.25, 0.3) is 16.7 Å². The number of amides is 1. The van der Waals surface area contributed by atoms with E-state index >= 15 is 0 Å². The molecule has 1 N–H and O–H groups in total. The molecule has 0 aliphatic carbocycles. The van der Waals surface area contributed by atoms with E-state index in [0.717, 1.165) is 50.5 Å². The third kappa shape index (κ3) is 4.21. The summed E-state index contributed by atoms with van der Waals surface area (Å²) >= 11 is 0. The number of para-hydroxylation sites is 2. The Kier molecular flexibility index (Phi) is 6.21. The lowest BCUT2D eigenvalue weighted by molar-refractivity contribution is -0.121. The molecule has 2 aromatic carbocycles. The van der Waals surface area contributed by atoms with Crippen LogP contribution in [0.3, 0.4) is 0 Å². The molecule has 0 fully saturated rings. The number of aryl methyl sites for hydroxylation is 3. The van der Waals surface area contributed by atoms with E-state index in [-0.39, 0.29) is 5.91 Å². The minimum Gasteiger partial charge on any atom is -0.496 e. The normalized spacial score (nSPS) is 11.0. The third-order valence-electron chi connectivity index (χ3n) is 5.85. The molecule has 0 atom stereocenters. The summed E-state index contributed by atoms with van der Waals surface area (Å²) in [6.45, 7) is 6.56. The van der Waals surface area contributed by atoms with Crippen LogP contribution in [-0.2, 0) is 17.8 Å². The number of carbonyl (C=O) groups is 1. The SMILES string of the molecule is COc1ccccc1CNC(=O)CCc1c(C)nc2c(c(C)nn2-c2ccccc2)c1C. The Morgan fingerprint density at radius 3 is 2.47 bits per heavy atom. The monoisotopic (exact) mass is 428 g/mol. The Morgan fingerprint density at radius 2 is 1.72 bits per heavy atom. The molecule has 0 bridgehead atoms. The smallest absolute Gasteiger partial charge is 0.220 e. The Morgan fingerprint density at radius 1 is 1.00 bits per heavy atom. The number of hydrogen-bond donors (Lipinski definition) is 1. The van der Waals surface area contributed by atoms with Crippen LogP contribution in [0.4, 0.5) is 0 Å². The molecule has 32 heavy (non-hydrogen) atoms. The highest BCUT2D eigenvalue weighted by Crippen LogP contribution is 2.28. The van der Waals surface area contributed by atoms with Crippen LogP contribution in [0.15, 0.2) is 54.6 Å². The summed E-state index contributed by atoms with van der Waals surface area (Å²) in [5, 5.41) is 8.80. The number of aromatic nitrogens is 3. The van der Waals surface area contributed by atoms with Crippen molar-refractivity contribution < 1.29 is 9.53 Å². The minimum absolute atomic E-state index is 0.00602. The van der Waals surface area contributed by atoms with E-state index in [2.05, 4.69) is 12.2 Å². The van der Waals surface area contributed by atoms with E-state index in [9.17, 15) is 4.79 Å². The molecule has 0 saturated carbocycles. The van der Waals surface area contributed by atoms with Crippen LogP contribution >= 0.6 is 0 Å². The molecule has 2 heterocycles. The summed E-state index contributed by atoms with van der Waals surface area (Å²) in [7, 11) is 1.64. The standard InChI is InChI=1S/C26H28N4O2/c1-17-22(14-15-24(31)27-16-20-10-8-9-13-23(20)32-4)18(2)28-26-25(17)19(3)29-30(26)21-11-6-5-7-12-21/h5-13H,14-16H2,1-4H3,(H,27,31). The zero-order valence-electron chi connectivity index (χ0n) is 19.0. The molecule has 6 nitrogen and oxygen atoms in total. The maximum absolute atomic E-state index is 12.5. The Hall–Kier alpha value is -3.67. The van der Waals surface area contributed by atoms with Crippen molar-refractivity contribution in [3.63, 3.8) is 0 Å². The summed E-state index contributed by atoms with van der Waals surface area (Å²) < 4.78 is 7.25.